The van der Waals surface area contributed by atoms with E-state index >= 15 is 0 Å². The summed E-state index contributed by atoms with van der Waals surface area (Å²) in [4.78, 5) is 27.6. The Kier molecular flexibility index (Phi) is 4.94. The van der Waals surface area contributed by atoms with Gasteiger partial charge in [0.05, 0.1) is 10.9 Å². The zero-order valence-corrected chi connectivity index (χ0v) is 15.3. The number of fused-ring (bicyclic) bond motifs is 1. The molecular formula is C22H17N3O4. The molecule has 0 atom stereocenters. The van der Waals surface area contributed by atoms with Gasteiger partial charge in [-0.15, -0.1) is 0 Å². The number of anilines is 2. The molecule has 0 radical (unpaired) electrons. The maximum atomic E-state index is 12.7. The van der Waals surface area contributed by atoms with Crippen LogP contribution in [0.15, 0.2) is 83.8 Å². The lowest BCUT2D eigenvalue weighted by atomic mass is 10.2. The minimum atomic E-state index is -1.10. The third-order valence-corrected chi connectivity index (χ3v) is 4.28. The van der Waals surface area contributed by atoms with Crippen LogP contribution in [0.3, 0.4) is 0 Å². The van der Waals surface area contributed by atoms with Gasteiger partial charge in [-0.2, -0.15) is 0 Å². The number of ether oxygens (including phenoxy) is 1. The number of carboxylic acids is 1. The molecule has 144 valence electrons. The Balaban J connectivity index is 1.93. The highest BCUT2D eigenvalue weighted by molar-refractivity contribution is 5.84. The fraction of sp³-hybridized carbons (Fsp3) is 0.0455. The number of nitrogens with zero attached hydrogens (tertiary/aromatic N) is 2. The van der Waals surface area contributed by atoms with Crippen molar-refractivity contribution in [2.75, 3.05) is 11.9 Å². The molecule has 0 unspecified atom stereocenters. The molecule has 7 heteroatoms. The Bertz CT molecular complexity index is 1220. The molecule has 0 aliphatic carbocycles. The Morgan fingerprint density at radius 3 is 2.41 bits per heavy atom. The molecule has 4 rings (SSSR count). The Hall–Kier alpha value is -4.13. The van der Waals surface area contributed by atoms with Crippen molar-refractivity contribution in [2.24, 2.45) is 0 Å². The van der Waals surface area contributed by atoms with E-state index in [1.54, 1.807) is 6.07 Å². The molecule has 29 heavy (non-hydrogen) atoms. The van der Waals surface area contributed by atoms with E-state index in [1.807, 2.05) is 65.2 Å². The number of nitrogens with one attached hydrogen (secondary N) is 1. The van der Waals surface area contributed by atoms with Crippen LogP contribution in [-0.4, -0.2) is 27.2 Å². The fourth-order valence-corrected chi connectivity index (χ4v) is 3.03. The average molecular weight is 387 g/mol. The normalized spacial score (nSPS) is 10.6. The van der Waals surface area contributed by atoms with Gasteiger partial charge in [0.1, 0.15) is 5.82 Å². The standard InChI is InChI=1S/C22H17N3O4/c26-19-12-20(24-15-7-3-1-4-8-15)25(16-9-5-2-6-10-16)18-11-21(23-13-17(18)19)29-14-22(27)28/h1-13,24H,14H2,(H,27,28). The van der Waals surface area contributed by atoms with Crippen molar-refractivity contribution >= 4 is 28.4 Å². The number of aromatic nitrogens is 2. The van der Waals surface area contributed by atoms with Crippen LogP contribution in [-0.2, 0) is 4.79 Å². The summed E-state index contributed by atoms with van der Waals surface area (Å²) in [6, 6.07) is 22.1. The van der Waals surface area contributed by atoms with Gasteiger partial charge >= 0.3 is 5.97 Å². The molecule has 0 spiro atoms. The largest absolute Gasteiger partial charge is 0.479 e. The van der Waals surface area contributed by atoms with Crippen LogP contribution in [0.2, 0.25) is 0 Å². The fourth-order valence-electron chi connectivity index (χ4n) is 3.03. The van der Waals surface area contributed by atoms with Gasteiger partial charge in [-0.1, -0.05) is 36.4 Å². The first-order chi connectivity index (χ1) is 14.1. The number of aliphatic carboxylic acids is 1. The van der Waals surface area contributed by atoms with Crippen LogP contribution in [0.25, 0.3) is 16.6 Å². The highest BCUT2D eigenvalue weighted by Crippen LogP contribution is 2.26. The van der Waals surface area contributed by atoms with Gasteiger partial charge in [0.2, 0.25) is 5.88 Å². The van der Waals surface area contributed by atoms with Crippen molar-refractivity contribution in [1.29, 1.82) is 0 Å². The molecular weight excluding hydrogens is 370 g/mol. The zero-order chi connectivity index (χ0) is 20.2. The van der Waals surface area contributed by atoms with Gasteiger partial charge in [0, 0.05) is 29.7 Å². The van der Waals surface area contributed by atoms with Crippen LogP contribution in [0.5, 0.6) is 5.88 Å². The first-order valence-electron chi connectivity index (χ1n) is 8.90. The van der Waals surface area contributed by atoms with Crippen LogP contribution < -0.4 is 15.5 Å². The van der Waals surface area contributed by atoms with Crippen molar-refractivity contribution < 1.29 is 14.6 Å². The first kappa shape index (κ1) is 18.2. The summed E-state index contributed by atoms with van der Waals surface area (Å²) >= 11 is 0. The maximum Gasteiger partial charge on any atom is 0.341 e. The van der Waals surface area contributed by atoms with E-state index in [0.29, 0.717) is 16.7 Å². The summed E-state index contributed by atoms with van der Waals surface area (Å²) < 4.78 is 7.09. The highest BCUT2D eigenvalue weighted by atomic mass is 16.5. The van der Waals surface area contributed by atoms with E-state index in [4.69, 9.17) is 9.84 Å². The van der Waals surface area contributed by atoms with Crippen LogP contribution in [0.1, 0.15) is 0 Å². The topological polar surface area (TPSA) is 93.5 Å². The predicted octanol–water partition coefficient (Wildman–Crippen LogP) is 3.59. The summed E-state index contributed by atoms with van der Waals surface area (Å²) in [5.41, 5.74) is 2.00. The third kappa shape index (κ3) is 3.93. The molecule has 0 fully saturated rings. The molecule has 0 saturated heterocycles. The van der Waals surface area contributed by atoms with Crippen LogP contribution in [0, 0.1) is 0 Å². The van der Waals surface area contributed by atoms with Gasteiger partial charge < -0.3 is 15.2 Å². The number of pyridine rings is 2. The van der Waals surface area contributed by atoms with Crippen LogP contribution >= 0.6 is 0 Å². The number of hydrogen-bond acceptors (Lipinski definition) is 5. The van der Waals surface area contributed by atoms with E-state index in [-0.39, 0.29) is 11.3 Å². The molecule has 0 bridgehead atoms. The van der Waals surface area contributed by atoms with Gasteiger partial charge in [0.15, 0.2) is 12.0 Å². The summed E-state index contributed by atoms with van der Waals surface area (Å²) in [6.07, 6.45) is 1.40. The van der Waals surface area contributed by atoms with Crippen LogP contribution in [0.4, 0.5) is 11.5 Å². The molecule has 0 aliphatic heterocycles. The highest BCUT2D eigenvalue weighted by Gasteiger charge is 2.13. The minimum absolute atomic E-state index is 0.126. The molecule has 2 N–H and O–H groups in total. The smallest absolute Gasteiger partial charge is 0.341 e. The summed E-state index contributed by atoms with van der Waals surface area (Å²) in [5, 5.41) is 12.5. The molecule has 2 aromatic heterocycles. The molecule has 2 aromatic carbocycles. The minimum Gasteiger partial charge on any atom is -0.479 e. The van der Waals surface area contributed by atoms with E-state index < -0.39 is 12.6 Å². The quantitative estimate of drug-likeness (QED) is 0.525. The average Bonchev–Trinajstić information content (AvgIpc) is 2.73. The van der Waals surface area contributed by atoms with Crippen molar-refractivity contribution in [3.05, 3.63) is 89.2 Å². The molecule has 0 aliphatic rings. The summed E-state index contributed by atoms with van der Waals surface area (Å²) in [6.45, 7) is -0.518. The third-order valence-electron chi connectivity index (χ3n) is 4.28. The Morgan fingerprint density at radius 2 is 1.72 bits per heavy atom. The second kappa shape index (κ2) is 7.85. The summed E-state index contributed by atoms with van der Waals surface area (Å²) in [5.74, 6) is -0.414. The van der Waals surface area contributed by atoms with Crippen molar-refractivity contribution in [2.45, 2.75) is 0 Å². The molecule has 0 saturated carbocycles. The number of rotatable bonds is 6. The monoisotopic (exact) mass is 387 g/mol. The Labute approximate surface area is 165 Å². The van der Waals surface area contributed by atoms with Crippen molar-refractivity contribution in [1.82, 2.24) is 9.55 Å². The second-order valence-electron chi connectivity index (χ2n) is 6.28. The molecule has 2 heterocycles. The lowest BCUT2D eigenvalue weighted by Gasteiger charge is -2.18. The van der Waals surface area contributed by atoms with Gasteiger partial charge in [0.25, 0.3) is 0 Å². The Morgan fingerprint density at radius 1 is 1.03 bits per heavy atom. The second-order valence-corrected chi connectivity index (χ2v) is 6.28. The number of carbonyl (C=O) groups is 1. The predicted molar refractivity (Wildman–Crippen MR) is 110 cm³/mol. The van der Waals surface area contributed by atoms with Crippen molar-refractivity contribution in [3.63, 3.8) is 0 Å². The molecule has 7 nitrogen and oxygen atoms in total. The molecule has 4 aromatic rings. The van der Waals surface area contributed by atoms with E-state index in [9.17, 15) is 9.59 Å². The zero-order valence-electron chi connectivity index (χ0n) is 15.3. The maximum absolute atomic E-state index is 12.7. The molecule has 0 amide bonds. The number of benzene rings is 2. The lowest BCUT2D eigenvalue weighted by molar-refractivity contribution is -0.139. The number of para-hydroxylation sites is 2. The van der Waals surface area contributed by atoms with Gasteiger partial charge in [-0.3, -0.25) is 9.36 Å². The van der Waals surface area contributed by atoms with E-state index in [1.165, 1.54) is 12.3 Å². The SMILES string of the molecule is O=C(O)COc1cc2c(cn1)c(=O)cc(Nc1ccccc1)n2-c1ccccc1. The number of hydrogen-bond donors (Lipinski definition) is 2. The first-order valence-corrected chi connectivity index (χ1v) is 8.90. The van der Waals surface area contributed by atoms with Gasteiger partial charge in [-0.25, -0.2) is 9.78 Å². The lowest BCUT2D eigenvalue weighted by Crippen LogP contribution is -2.14. The van der Waals surface area contributed by atoms with Crippen molar-refractivity contribution in [3.8, 4) is 11.6 Å². The van der Waals surface area contributed by atoms with Gasteiger partial charge in [-0.05, 0) is 24.3 Å². The number of carboxylic acid groups (broad SMARTS) is 1. The summed E-state index contributed by atoms with van der Waals surface area (Å²) in [7, 11) is 0. The van der Waals surface area contributed by atoms with E-state index in [2.05, 4.69) is 10.3 Å². The van der Waals surface area contributed by atoms with E-state index in [0.717, 1.165) is 11.4 Å².